The van der Waals surface area contributed by atoms with Crippen molar-refractivity contribution in [2.75, 3.05) is 13.6 Å². The van der Waals surface area contributed by atoms with E-state index in [0.29, 0.717) is 17.1 Å². The number of fused-ring (bicyclic) bond motifs is 1. The molecule has 4 nitrogen and oxygen atoms in total. The van der Waals surface area contributed by atoms with Crippen LogP contribution in [0.3, 0.4) is 0 Å². The van der Waals surface area contributed by atoms with E-state index in [9.17, 15) is 10.2 Å². The van der Waals surface area contributed by atoms with E-state index in [1.165, 1.54) is 0 Å². The number of H-pyrrole nitrogens is 1. The zero-order valence-electron chi connectivity index (χ0n) is 9.44. The Bertz CT molecular complexity index is 512. The minimum absolute atomic E-state index is 0.308. The molecule has 1 aromatic heterocycles. The quantitative estimate of drug-likeness (QED) is 0.667. The summed E-state index contributed by atoms with van der Waals surface area (Å²) in [6, 6.07) is 5.44. The lowest BCUT2D eigenvalue weighted by Crippen LogP contribution is -2.29. The first-order chi connectivity index (χ1) is 8.13. The van der Waals surface area contributed by atoms with Crippen molar-refractivity contribution in [3.8, 4) is 0 Å². The molecule has 0 fully saturated rings. The van der Waals surface area contributed by atoms with Gasteiger partial charge in [-0.2, -0.15) is 0 Å². The van der Waals surface area contributed by atoms with Crippen molar-refractivity contribution in [3.05, 3.63) is 35.0 Å². The van der Waals surface area contributed by atoms with E-state index in [0.717, 1.165) is 10.9 Å². The first kappa shape index (κ1) is 12.4. The van der Waals surface area contributed by atoms with Gasteiger partial charge in [-0.3, -0.25) is 0 Å². The van der Waals surface area contributed by atoms with Gasteiger partial charge in [0.2, 0.25) is 0 Å². The van der Waals surface area contributed by atoms with Crippen LogP contribution >= 0.6 is 11.6 Å². The van der Waals surface area contributed by atoms with Gasteiger partial charge in [-0.1, -0.05) is 11.6 Å². The summed E-state index contributed by atoms with van der Waals surface area (Å²) in [7, 11) is 1.72. The molecule has 4 N–H and O–H groups in total. The molecular weight excluding hydrogens is 240 g/mol. The predicted octanol–water partition coefficient (Wildman–Crippen LogP) is 1.43. The van der Waals surface area contributed by atoms with E-state index < -0.39 is 12.2 Å². The van der Waals surface area contributed by atoms with Crippen LogP contribution < -0.4 is 5.32 Å². The molecule has 0 saturated carbocycles. The number of aliphatic hydroxyl groups is 2. The summed E-state index contributed by atoms with van der Waals surface area (Å²) in [5.74, 6) is 0. The maximum atomic E-state index is 10.0. The fourth-order valence-corrected chi connectivity index (χ4v) is 2.12. The van der Waals surface area contributed by atoms with Crippen molar-refractivity contribution in [2.45, 2.75) is 12.2 Å². The Labute approximate surface area is 104 Å². The van der Waals surface area contributed by atoms with E-state index in [4.69, 9.17) is 11.6 Å². The van der Waals surface area contributed by atoms with Gasteiger partial charge < -0.3 is 20.5 Å². The summed E-state index contributed by atoms with van der Waals surface area (Å²) in [4.78, 5) is 3.04. The molecule has 0 radical (unpaired) electrons. The number of likely N-dealkylation sites (N-methyl/N-ethyl adjacent to an activating group) is 1. The fourth-order valence-electron chi connectivity index (χ4n) is 1.85. The number of hydrogen-bond donors (Lipinski definition) is 4. The van der Waals surface area contributed by atoms with Gasteiger partial charge in [-0.05, 0) is 30.6 Å². The molecule has 2 rings (SSSR count). The summed E-state index contributed by atoms with van der Waals surface area (Å²) >= 11 is 6.09. The Morgan fingerprint density at radius 2 is 2.18 bits per heavy atom. The number of halogens is 1. The third kappa shape index (κ3) is 2.45. The van der Waals surface area contributed by atoms with Gasteiger partial charge in [0.05, 0.1) is 6.10 Å². The topological polar surface area (TPSA) is 68.3 Å². The Hall–Kier alpha value is -1.07. The van der Waals surface area contributed by atoms with Crippen LogP contribution in [0, 0.1) is 0 Å². The maximum Gasteiger partial charge on any atom is 0.108 e. The highest BCUT2D eigenvalue weighted by atomic mass is 35.5. The second kappa shape index (κ2) is 5.06. The minimum Gasteiger partial charge on any atom is -0.389 e. The summed E-state index contributed by atoms with van der Waals surface area (Å²) in [5.41, 5.74) is 1.45. The number of aromatic nitrogens is 1. The monoisotopic (exact) mass is 254 g/mol. The van der Waals surface area contributed by atoms with E-state index in [1.807, 2.05) is 6.07 Å². The molecule has 0 aliphatic carbocycles. The van der Waals surface area contributed by atoms with Crippen molar-refractivity contribution in [3.63, 3.8) is 0 Å². The molecule has 0 aliphatic rings. The molecular formula is C12H15ClN2O2. The average Bonchev–Trinajstić information content (AvgIpc) is 2.74. The molecule has 17 heavy (non-hydrogen) atoms. The van der Waals surface area contributed by atoms with Gasteiger partial charge in [0, 0.05) is 28.8 Å². The number of hydrogen-bond acceptors (Lipinski definition) is 3. The van der Waals surface area contributed by atoms with Crippen LogP contribution in [-0.2, 0) is 0 Å². The van der Waals surface area contributed by atoms with Crippen LogP contribution in [0.15, 0.2) is 24.4 Å². The highest BCUT2D eigenvalue weighted by Crippen LogP contribution is 2.29. The molecule has 0 spiro atoms. The average molecular weight is 255 g/mol. The molecule has 92 valence electrons. The summed E-state index contributed by atoms with van der Waals surface area (Å²) in [6.07, 6.45) is -0.0654. The predicted molar refractivity (Wildman–Crippen MR) is 68.2 cm³/mol. The lowest BCUT2D eigenvalue weighted by molar-refractivity contribution is 0.0204. The Morgan fingerprint density at radius 3 is 2.88 bits per heavy atom. The molecule has 2 aromatic rings. The van der Waals surface area contributed by atoms with Gasteiger partial charge in [0.15, 0.2) is 0 Å². The van der Waals surface area contributed by atoms with E-state index in [-0.39, 0.29) is 0 Å². The van der Waals surface area contributed by atoms with Crippen LogP contribution in [0.1, 0.15) is 11.7 Å². The Balaban J connectivity index is 2.36. The smallest absolute Gasteiger partial charge is 0.108 e. The normalized spacial score (nSPS) is 15.1. The summed E-state index contributed by atoms with van der Waals surface area (Å²) in [6.45, 7) is 0.308. The van der Waals surface area contributed by atoms with Crippen molar-refractivity contribution < 1.29 is 10.2 Å². The largest absolute Gasteiger partial charge is 0.389 e. The molecule has 0 amide bonds. The molecule has 1 aromatic carbocycles. The van der Waals surface area contributed by atoms with Crippen molar-refractivity contribution >= 4 is 22.5 Å². The minimum atomic E-state index is -0.991. The zero-order valence-corrected chi connectivity index (χ0v) is 10.2. The lowest BCUT2D eigenvalue weighted by Gasteiger charge is -2.19. The first-order valence-corrected chi connectivity index (χ1v) is 5.78. The van der Waals surface area contributed by atoms with Crippen molar-refractivity contribution in [1.82, 2.24) is 10.3 Å². The van der Waals surface area contributed by atoms with Gasteiger partial charge in [0.25, 0.3) is 0 Å². The number of rotatable bonds is 4. The maximum absolute atomic E-state index is 10.0. The van der Waals surface area contributed by atoms with E-state index in [1.54, 1.807) is 25.4 Å². The Kier molecular flexibility index (Phi) is 3.69. The fraction of sp³-hybridized carbons (Fsp3) is 0.333. The molecule has 0 saturated heterocycles. The zero-order chi connectivity index (χ0) is 12.4. The summed E-state index contributed by atoms with van der Waals surface area (Å²) in [5, 5.41) is 24.0. The highest BCUT2D eigenvalue weighted by molar-refractivity contribution is 6.32. The second-order valence-electron chi connectivity index (χ2n) is 4.01. The van der Waals surface area contributed by atoms with Crippen LogP contribution in [0.2, 0.25) is 5.02 Å². The summed E-state index contributed by atoms with van der Waals surface area (Å²) < 4.78 is 0. The number of benzene rings is 1. The van der Waals surface area contributed by atoms with E-state index in [2.05, 4.69) is 10.3 Å². The first-order valence-electron chi connectivity index (χ1n) is 5.40. The van der Waals surface area contributed by atoms with Crippen LogP contribution in [0.25, 0.3) is 10.9 Å². The van der Waals surface area contributed by atoms with Gasteiger partial charge >= 0.3 is 0 Å². The molecule has 5 heteroatoms. The highest BCUT2D eigenvalue weighted by Gasteiger charge is 2.20. The third-order valence-electron chi connectivity index (χ3n) is 2.77. The van der Waals surface area contributed by atoms with Crippen LogP contribution in [-0.4, -0.2) is 34.9 Å². The Morgan fingerprint density at radius 1 is 1.41 bits per heavy atom. The van der Waals surface area contributed by atoms with Gasteiger partial charge in [-0.25, -0.2) is 0 Å². The van der Waals surface area contributed by atoms with Crippen LogP contribution in [0.4, 0.5) is 0 Å². The van der Waals surface area contributed by atoms with Crippen molar-refractivity contribution in [2.24, 2.45) is 0 Å². The number of aliphatic hydroxyl groups excluding tert-OH is 2. The molecule has 0 bridgehead atoms. The molecule has 2 unspecified atom stereocenters. The number of aromatic amines is 1. The van der Waals surface area contributed by atoms with Crippen molar-refractivity contribution in [1.29, 1.82) is 0 Å². The second-order valence-corrected chi connectivity index (χ2v) is 4.42. The van der Waals surface area contributed by atoms with E-state index >= 15 is 0 Å². The number of nitrogens with one attached hydrogen (secondary N) is 2. The molecule has 0 aliphatic heterocycles. The SMILES string of the molecule is CNCC(O)C(O)c1cc2cc[nH]c2cc1Cl. The van der Waals surface area contributed by atoms with Gasteiger partial charge in [0.1, 0.15) is 6.10 Å². The molecule has 1 heterocycles. The third-order valence-corrected chi connectivity index (χ3v) is 3.09. The van der Waals surface area contributed by atoms with Gasteiger partial charge in [-0.15, -0.1) is 0 Å². The lowest BCUT2D eigenvalue weighted by atomic mass is 10.0. The standard InChI is InChI=1S/C12H15ClN2O2/c1-14-6-11(16)12(17)8-4-7-2-3-15-10(7)5-9(8)13/h2-5,11-12,14-17H,6H2,1H3. The molecule has 2 atom stereocenters. The van der Waals surface area contributed by atoms with Crippen LogP contribution in [0.5, 0.6) is 0 Å².